The quantitative estimate of drug-likeness (QED) is 0.172. The Balaban J connectivity index is 1.41. The zero-order chi connectivity index (χ0) is 22.2. The van der Waals surface area contributed by atoms with Crippen LogP contribution in [0.3, 0.4) is 0 Å². The summed E-state index contributed by atoms with van der Waals surface area (Å²) in [5.74, 6) is -0.0211. The predicted molar refractivity (Wildman–Crippen MR) is 124 cm³/mol. The Morgan fingerprint density at radius 3 is 2.45 bits per heavy atom. The molecule has 0 aliphatic heterocycles. The van der Waals surface area contributed by atoms with Gasteiger partial charge >= 0.3 is 0 Å². The van der Waals surface area contributed by atoms with Gasteiger partial charge in [-0.25, -0.2) is 0 Å². The normalized spacial score (nSPS) is 11.9. The molecule has 0 unspecified atom stereocenters. The van der Waals surface area contributed by atoms with Gasteiger partial charge < -0.3 is 25.6 Å². The molecule has 0 bridgehead atoms. The zero-order valence-electron chi connectivity index (χ0n) is 18.3. The average Bonchev–Trinajstić information content (AvgIpc) is 2.79. The second-order valence-corrected chi connectivity index (χ2v) is 7.73. The average molecular weight is 429 g/mol. The maximum atomic E-state index is 10.5. The van der Waals surface area contributed by atoms with E-state index in [4.69, 9.17) is 4.74 Å². The van der Waals surface area contributed by atoms with Gasteiger partial charge in [0.25, 0.3) is 0 Å². The number of hydrogen-bond donors (Lipinski definition) is 4. The van der Waals surface area contributed by atoms with E-state index in [9.17, 15) is 15.0 Å². The molecule has 1 amide bonds. The number of amides is 1. The molecule has 170 valence electrons. The number of carbonyl (C=O) groups excluding carboxylic acids is 1. The fraction of sp³-hybridized carbons (Fsp3) is 0.480. The first-order valence-electron chi connectivity index (χ1n) is 11.2. The van der Waals surface area contributed by atoms with Crippen molar-refractivity contribution in [2.75, 3.05) is 31.6 Å². The number of hydrogen-bond acceptors (Lipinski definition) is 5. The molecule has 0 heterocycles. The maximum Gasteiger partial charge on any atom is 0.211 e. The lowest BCUT2D eigenvalue weighted by molar-refractivity contribution is -0.105. The Morgan fingerprint density at radius 2 is 1.68 bits per heavy atom. The summed E-state index contributed by atoms with van der Waals surface area (Å²) in [6.45, 7) is 2.94. The lowest BCUT2D eigenvalue weighted by Gasteiger charge is -2.14. The Bertz CT molecular complexity index is 740. The molecule has 0 saturated carbocycles. The first-order chi connectivity index (χ1) is 15.2. The summed E-state index contributed by atoms with van der Waals surface area (Å²) in [4.78, 5) is 10.5. The number of carbonyl (C=O) groups is 1. The van der Waals surface area contributed by atoms with Crippen molar-refractivity contribution in [3.63, 3.8) is 0 Å². The van der Waals surface area contributed by atoms with Gasteiger partial charge in [0.05, 0.1) is 11.8 Å². The summed E-state index contributed by atoms with van der Waals surface area (Å²) in [6.07, 6.45) is 7.62. The van der Waals surface area contributed by atoms with Crippen LogP contribution in [0.25, 0.3) is 0 Å². The molecule has 4 N–H and O–H groups in total. The molecule has 2 rings (SSSR count). The summed E-state index contributed by atoms with van der Waals surface area (Å²) < 4.78 is 5.72. The smallest absolute Gasteiger partial charge is 0.211 e. The van der Waals surface area contributed by atoms with E-state index >= 15 is 0 Å². The van der Waals surface area contributed by atoms with E-state index < -0.39 is 6.10 Å². The van der Waals surface area contributed by atoms with Gasteiger partial charge in [0.2, 0.25) is 6.41 Å². The number of aromatic hydroxyl groups is 1. The van der Waals surface area contributed by atoms with Crippen LogP contribution >= 0.6 is 0 Å². The van der Waals surface area contributed by atoms with Crippen LogP contribution in [-0.4, -0.2) is 42.9 Å². The first kappa shape index (κ1) is 24.9. The highest BCUT2D eigenvalue weighted by Crippen LogP contribution is 2.26. The molecule has 0 saturated heterocycles. The third-order valence-electron chi connectivity index (χ3n) is 5.20. The number of aryl methyl sites for hydroxylation is 1. The van der Waals surface area contributed by atoms with Crippen molar-refractivity contribution < 1.29 is 19.7 Å². The monoisotopic (exact) mass is 428 g/mol. The van der Waals surface area contributed by atoms with Gasteiger partial charge in [0, 0.05) is 19.8 Å². The third-order valence-corrected chi connectivity index (χ3v) is 5.20. The minimum absolute atomic E-state index is 0.0211. The maximum absolute atomic E-state index is 10.5. The minimum atomic E-state index is -0.692. The van der Waals surface area contributed by atoms with Crippen molar-refractivity contribution in [1.82, 2.24) is 5.32 Å². The number of phenolic OH excluding ortho intramolecular Hbond substituents is 1. The summed E-state index contributed by atoms with van der Waals surface area (Å²) >= 11 is 0. The topological polar surface area (TPSA) is 90.8 Å². The van der Waals surface area contributed by atoms with Gasteiger partial charge in [-0.05, 0) is 61.9 Å². The van der Waals surface area contributed by atoms with Crippen molar-refractivity contribution in [3.05, 3.63) is 59.7 Å². The van der Waals surface area contributed by atoms with E-state index in [-0.39, 0.29) is 5.75 Å². The molecule has 0 aromatic heterocycles. The molecule has 6 heteroatoms. The van der Waals surface area contributed by atoms with Crippen LogP contribution in [0.15, 0.2) is 48.5 Å². The SMILES string of the molecule is O=CNc1cc([C@@H](O)CNCCCCCCOCCCCc2ccccc2)ccc1O. The van der Waals surface area contributed by atoms with E-state index in [2.05, 4.69) is 41.0 Å². The zero-order valence-corrected chi connectivity index (χ0v) is 18.3. The fourth-order valence-corrected chi connectivity index (χ4v) is 3.38. The highest BCUT2D eigenvalue weighted by Gasteiger charge is 2.10. The second kappa shape index (κ2) is 15.4. The number of benzene rings is 2. The van der Waals surface area contributed by atoms with Gasteiger partial charge in [-0.15, -0.1) is 0 Å². The Hall–Kier alpha value is -2.41. The van der Waals surface area contributed by atoms with Crippen molar-refractivity contribution in [2.45, 2.75) is 51.0 Å². The molecule has 31 heavy (non-hydrogen) atoms. The Labute approximate surface area is 185 Å². The van der Waals surface area contributed by atoms with Crippen molar-refractivity contribution in [3.8, 4) is 5.75 Å². The van der Waals surface area contributed by atoms with Crippen molar-refractivity contribution >= 4 is 12.1 Å². The number of aliphatic hydroxyl groups excluding tert-OH is 1. The van der Waals surface area contributed by atoms with Gasteiger partial charge in [-0.3, -0.25) is 4.79 Å². The summed E-state index contributed by atoms with van der Waals surface area (Å²) in [5.41, 5.74) is 2.34. The highest BCUT2D eigenvalue weighted by molar-refractivity contribution is 5.75. The summed E-state index contributed by atoms with van der Waals surface area (Å²) in [7, 11) is 0. The molecule has 2 aromatic carbocycles. The molecule has 6 nitrogen and oxygen atoms in total. The van der Waals surface area contributed by atoms with Gasteiger partial charge in [-0.2, -0.15) is 0 Å². The predicted octanol–water partition coefficient (Wildman–Crippen LogP) is 4.18. The van der Waals surface area contributed by atoms with Crippen molar-refractivity contribution in [2.24, 2.45) is 0 Å². The summed E-state index contributed by atoms with van der Waals surface area (Å²) in [5, 5.41) is 25.6. The molecule has 0 radical (unpaired) electrons. The Morgan fingerprint density at radius 1 is 0.935 bits per heavy atom. The van der Waals surface area contributed by atoms with Crippen LogP contribution < -0.4 is 10.6 Å². The summed E-state index contributed by atoms with van der Waals surface area (Å²) in [6, 6.07) is 15.3. The highest BCUT2D eigenvalue weighted by atomic mass is 16.5. The molecular weight excluding hydrogens is 392 g/mol. The molecule has 1 atom stereocenters. The van der Waals surface area contributed by atoms with Crippen LogP contribution in [0.5, 0.6) is 5.75 Å². The van der Waals surface area contributed by atoms with Crippen LogP contribution in [0.4, 0.5) is 5.69 Å². The number of ether oxygens (including phenoxy) is 1. The van der Waals surface area contributed by atoms with E-state index in [1.165, 1.54) is 18.1 Å². The number of unbranched alkanes of at least 4 members (excludes halogenated alkanes) is 4. The number of aliphatic hydroxyl groups is 1. The van der Waals surface area contributed by atoms with Gasteiger partial charge in [0.15, 0.2) is 0 Å². The van der Waals surface area contributed by atoms with Crippen LogP contribution in [0, 0.1) is 0 Å². The van der Waals surface area contributed by atoms with E-state index in [1.807, 2.05) is 0 Å². The fourth-order valence-electron chi connectivity index (χ4n) is 3.38. The molecule has 2 aromatic rings. The number of nitrogens with one attached hydrogen (secondary N) is 2. The van der Waals surface area contributed by atoms with Crippen LogP contribution in [0.1, 0.15) is 55.8 Å². The van der Waals surface area contributed by atoms with Crippen molar-refractivity contribution in [1.29, 1.82) is 0 Å². The third kappa shape index (κ3) is 10.4. The van der Waals surface area contributed by atoms with E-state index in [0.29, 0.717) is 24.2 Å². The molecular formula is C25H36N2O4. The minimum Gasteiger partial charge on any atom is -0.506 e. The largest absolute Gasteiger partial charge is 0.506 e. The van der Waals surface area contributed by atoms with E-state index in [1.54, 1.807) is 12.1 Å². The number of anilines is 1. The van der Waals surface area contributed by atoms with Crippen LogP contribution in [-0.2, 0) is 16.0 Å². The van der Waals surface area contributed by atoms with Crippen LogP contribution in [0.2, 0.25) is 0 Å². The molecule has 0 aliphatic carbocycles. The Kier molecular flexibility index (Phi) is 12.3. The lowest BCUT2D eigenvalue weighted by Crippen LogP contribution is -2.22. The standard InChI is InChI=1S/C25H36N2O4/c28-20-27-23-18-22(13-14-24(23)29)25(30)19-26-15-7-1-2-8-16-31-17-9-6-12-21-10-4-3-5-11-21/h3-5,10-11,13-14,18,20,25-26,29-30H,1-2,6-9,12,15-17,19H2,(H,27,28)/t25-/m0/s1. The number of rotatable bonds is 17. The molecule has 0 aliphatic rings. The molecule has 0 spiro atoms. The molecule has 0 fully saturated rings. The second-order valence-electron chi connectivity index (χ2n) is 7.73. The van der Waals surface area contributed by atoms with E-state index in [0.717, 1.165) is 58.3 Å². The van der Waals surface area contributed by atoms with Gasteiger partial charge in [-0.1, -0.05) is 49.2 Å². The lowest BCUT2D eigenvalue weighted by atomic mass is 10.1. The number of phenols is 1. The van der Waals surface area contributed by atoms with Gasteiger partial charge in [0.1, 0.15) is 5.75 Å². The first-order valence-corrected chi connectivity index (χ1v) is 11.2.